The molecule has 1 aliphatic heterocycles. The van der Waals surface area contributed by atoms with Crippen LogP contribution < -0.4 is 5.32 Å². The van der Waals surface area contributed by atoms with E-state index in [1.807, 2.05) is 13.8 Å². The van der Waals surface area contributed by atoms with E-state index in [1.54, 1.807) is 35.4 Å². The maximum Gasteiger partial charge on any atom is 0.335 e. The lowest BCUT2D eigenvalue weighted by molar-refractivity contribution is -0.154. The second kappa shape index (κ2) is 10.4. The smallest absolute Gasteiger partial charge is 0.335 e. The lowest BCUT2D eigenvalue weighted by Gasteiger charge is -2.51. The summed E-state index contributed by atoms with van der Waals surface area (Å²) >= 11 is 6.03. The molecule has 0 aliphatic carbocycles. The number of carboxylic acids is 1. The van der Waals surface area contributed by atoms with Crippen LogP contribution in [0.3, 0.4) is 0 Å². The fourth-order valence-electron chi connectivity index (χ4n) is 4.84. The number of aromatic carboxylic acids is 1. The SMILES string of the molecule is CC1(C)CN(C(=O)[C@@H](Cc2cnc[nH]2)NC(=O)c2cccc(C(=O)O)c2)CC[C@]1(O)c1ccc(Cl)cc1. The van der Waals surface area contributed by atoms with E-state index in [4.69, 9.17) is 11.6 Å². The highest BCUT2D eigenvalue weighted by Crippen LogP contribution is 2.46. The van der Waals surface area contributed by atoms with Crippen molar-refractivity contribution in [3.63, 3.8) is 0 Å². The number of amides is 2. The molecule has 0 unspecified atom stereocenters. The van der Waals surface area contributed by atoms with Gasteiger partial charge in [0, 0.05) is 47.4 Å². The first kappa shape index (κ1) is 26.4. The second-order valence-electron chi connectivity index (χ2n) is 9.95. The summed E-state index contributed by atoms with van der Waals surface area (Å²) in [7, 11) is 0. The van der Waals surface area contributed by atoms with Crippen molar-refractivity contribution >= 4 is 29.4 Å². The summed E-state index contributed by atoms with van der Waals surface area (Å²) < 4.78 is 0. The number of aromatic nitrogens is 2. The molecule has 0 radical (unpaired) electrons. The van der Waals surface area contributed by atoms with Crippen LogP contribution in [0.2, 0.25) is 5.02 Å². The normalized spacial score (nSPS) is 19.7. The molecule has 1 saturated heterocycles. The molecule has 2 aromatic carbocycles. The van der Waals surface area contributed by atoms with Gasteiger partial charge in [-0.25, -0.2) is 9.78 Å². The molecule has 4 N–H and O–H groups in total. The highest BCUT2D eigenvalue weighted by atomic mass is 35.5. The Bertz CT molecular complexity index is 1290. The number of H-pyrrole nitrogens is 1. The molecular weight excluding hydrogens is 496 g/mol. The summed E-state index contributed by atoms with van der Waals surface area (Å²) in [6.45, 7) is 4.35. The molecule has 10 heteroatoms. The molecule has 3 aromatic rings. The first-order valence-electron chi connectivity index (χ1n) is 11.9. The van der Waals surface area contributed by atoms with Gasteiger partial charge >= 0.3 is 5.97 Å². The predicted octanol–water partition coefficient (Wildman–Crippen LogP) is 3.25. The van der Waals surface area contributed by atoms with Gasteiger partial charge in [-0.15, -0.1) is 0 Å². The number of piperidine rings is 1. The number of nitrogens with one attached hydrogen (secondary N) is 2. The van der Waals surface area contributed by atoms with Crippen molar-refractivity contribution in [3.8, 4) is 0 Å². The second-order valence-corrected chi connectivity index (χ2v) is 10.4. The quantitative estimate of drug-likeness (QED) is 0.374. The van der Waals surface area contributed by atoms with Crippen LogP contribution in [0.5, 0.6) is 0 Å². The van der Waals surface area contributed by atoms with Gasteiger partial charge in [-0.1, -0.05) is 43.6 Å². The molecule has 2 heterocycles. The van der Waals surface area contributed by atoms with Gasteiger partial charge in [0.05, 0.1) is 17.5 Å². The van der Waals surface area contributed by atoms with Crippen LogP contribution >= 0.6 is 11.6 Å². The van der Waals surface area contributed by atoms with Gasteiger partial charge in [0.1, 0.15) is 6.04 Å². The topological polar surface area (TPSA) is 136 Å². The lowest BCUT2D eigenvalue weighted by Crippen LogP contribution is -2.60. The number of hydrogen-bond acceptors (Lipinski definition) is 5. The van der Waals surface area contributed by atoms with E-state index >= 15 is 0 Å². The molecule has 2 amide bonds. The van der Waals surface area contributed by atoms with E-state index in [0.29, 0.717) is 17.1 Å². The highest BCUT2D eigenvalue weighted by molar-refractivity contribution is 6.30. The zero-order chi connectivity index (χ0) is 26.8. The van der Waals surface area contributed by atoms with E-state index in [1.165, 1.54) is 30.6 Å². The number of carbonyl (C=O) groups is 3. The predicted molar refractivity (Wildman–Crippen MR) is 137 cm³/mol. The first-order valence-corrected chi connectivity index (χ1v) is 12.3. The largest absolute Gasteiger partial charge is 0.478 e. The third-order valence-electron chi connectivity index (χ3n) is 7.04. The third kappa shape index (κ3) is 5.52. The Morgan fingerprint density at radius 2 is 1.86 bits per heavy atom. The fourth-order valence-corrected chi connectivity index (χ4v) is 4.97. The number of aliphatic hydroxyl groups is 1. The molecule has 0 spiro atoms. The Kier molecular flexibility index (Phi) is 7.38. The molecule has 37 heavy (non-hydrogen) atoms. The van der Waals surface area contributed by atoms with Gasteiger partial charge in [-0.3, -0.25) is 9.59 Å². The van der Waals surface area contributed by atoms with Crippen LogP contribution in [-0.4, -0.2) is 62.0 Å². The van der Waals surface area contributed by atoms with E-state index < -0.39 is 28.9 Å². The van der Waals surface area contributed by atoms with E-state index in [-0.39, 0.29) is 36.5 Å². The van der Waals surface area contributed by atoms with Crippen molar-refractivity contribution in [3.05, 3.63) is 88.5 Å². The minimum Gasteiger partial charge on any atom is -0.478 e. The number of benzene rings is 2. The van der Waals surface area contributed by atoms with Crippen molar-refractivity contribution < 1.29 is 24.6 Å². The van der Waals surface area contributed by atoms with Crippen molar-refractivity contribution in [1.82, 2.24) is 20.2 Å². The Hall–Kier alpha value is -3.69. The Labute approximate surface area is 219 Å². The average molecular weight is 525 g/mol. The van der Waals surface area contributed by atoms with Crippen LogP contribution in [0.4, 0.5) is 0 Å². The zero-order valence-corrected chi connectivity index (χ0v) is 21.3. The number of halogens is 1. The monoisotopic (exact) mass is 524 g/mol. The fraction of sp³-hybridized carbons (Fsp3) is 0.333. The summed E-state index contributed by atoms with van der Waals surface area (Å²) in [5.74, 6) is -2.01. The highest BCUT2D eigenvalue weighted by Gasteiger charge is 2.50. The standard InChI is InChI=1S/C27H29ClN4O5/c1-26(2)15-32(11-10-27(26,37)19-6-8-20(28)9-7-19)24(34)22(13-21-14-29-16-30-21)31-23(33)17-4-3-5-18(12-17)25(35)36/h3-9,12,14,16,22,37H,10-11,13,15H2,1-2H3,(H,29,30)(H,31,33)(H,35,36)/t22-,27+/m1/s1. The van der Waals surface area contributed by atoms with Gasteiger partial charge < -0.3 is 25.4 Å². The summed E-state index contributed by atoms with van der Waals surface area (Å²) in [6, 6.07) is 11.8. The maximum atomic E-state index is 13.7. The number of likely N-dealkylation sites (tertiary alicyclic amines) is 1. The molecule has 1 aliphatic rings. The van der Waals surface area contributed by atoms with Crippen LogP contribution in [0.15, 0.2) is 61.1 Å². The van der Waals surface area contributed by atoms with Gasteiger partial charge in [-0.2, -0.15) is 0 Å². The van der Waals surface area contributed by atoms with Crippen molar-refractivity contribution in [2.24, 2.45) is 5.41 Å². The van der Waals surface area contributed by atoms with Crippen molar-refractivity contribution in [2.75, 3.05) is 13.1 Å². The van der Waals surface area contributed by atoms with Crippen LogP contribution in [0.25, 0.3) is 0 Å². The van der Waals surface area contributed by atoms with Crippen molar-refractivity contribution in [2.45, 2.75) is 38.3 Å². The molecule has 2 atom stereocenters. The maximum absolute atomic E-state index is 13.7. The van der Waals surface area contributed by atoms with E-state index in [9.17, 15) is 24.6 Å². The molecule has 9 nitrogen and oxygen atoms in total. The Morgan fingerprint density at radius 3 is 2.49 bits per heavy atom. The summed E-state index contributed by atoms with van der Waals surface area (Å²) in [5, 5.41) is 24.3. The summed E-state index contributed by atoms with van der Waals surface area (Å²) in [6.07, 6.45) is 3.54. The van der Waals surface area contributed by atoms with Crippen LogP contribution in [0, 0.1) is 5.41 Å². The molecule has 1 fully saturated rings. The molecule has 1 aromatic heterocycles. The zero-order valence-electron chi connectivity index (χ0n) is 20.6. The number of imidazole rings is 1. The van der Waals surface area contributed by atoms with E-state index in [0.717, 1.165) is 5.56 Å². The number of aromatic amines is 1. The number of hydrogen-bond donors (Lipinski definition) is 4. The number of carbonyl (C=O) groups excluding carboxylic acids is 2. The van der Waals surface area contributed by atoms with Gasteiger partial charge in [-0.05, 0) is 42.3 Å². The molecule has 194 valence electrons. The number of rotatable bonds is 7. The number of carboxylic acid groups (broad SMARTS) is 1. The third-order valence-corrected chi connectivity index (χ3v) is 7.29. The molecular formula is C27H29ClN4O5. The van der Waals surface area contributed by atoms with Gasteiger partial charge in [0.25, 0.3) is 5.91 Å². The van der Waals surface area contributed by atoms with Crippen LogP contribution in [-0.2, 0) is 16.8 Å². The van der Waals surface area contributed by atoms with E-state index in [2.05, 4.69) is 15.3 Å². The number of nitrogens with zero attached hydrogens (tertiary/aromatic N) is 2. The Balaban J connectivity index is 1.55. The minimum atomic E-state index is -1.17. The summed E-state index contributed by atoms with van der Waals surface area (Å²) in [5.41, 5.74) is -0.371. The van der Waals surface area contributed by atoms with Gasteiger partial charge in [0.2, 0.25) is 5.91 Å². The lowest BCUT2D eigenvalue weighted by atomic mass is 9.66. The average Bonchev–Trinajstić information content (AvgIpc) is 3.38. The minimum absolute atomic E-state index is 0.0247. The van der Waals surface area contributed by atoms with Crippen LogP contribution in [0.1, 0.15) is 52.2 Å². The summed E-state index contributed by atoms with van der Waals surface area (Å²) in [4.78, 5) is 46.7. The van der Waals surface area contributed by atoms with Crippen molar-refractivity contribution in [1.29, 1.82) is 0 Å². The molecule has 4 rings (SSSR count). The van der Waals surface area contributed by atoms with Gasteiger partial charge in [0.15, 0.2) is 0 Å². The Morgan fingerprint density at radius 1 is 1.16 bits per heavy atom. The first-order chi connectivity index (χ1) is 17.5. The molecule has 0 bridgehead atoms. The molecule has 0 saturated carbocycles.